The number of fused-ring (bicyclic) bond motifs is 3. The summed E-state index contributed by atoms with van der Waals surface area (Å²) in [5.41, 5.74) is 3.45. The first kappa shape index (κ1) is 10.2. The van der Waals surface area contributed by atoms with Crippen LogP contribution in [0.4, 0.5) is 0 Å². The van der Waals surface area contributed by atoms with Gasteiger partial charge in [0.05, 0.1) is 0 Å². The minimum Gasteiger partial charge on any atom is -0.289 e. The second kappa shape index (κ2) is 3.54. The Morgan fingerprint density at radius 2 is 1.88 bits per heavy atom. The largest absolute Gasteiger partial charge is 0.289 e. The number of carbonyl (C=O) groups excluding carboxylic acids is 2. The number of halogens is 1. The number of allylic oxidation sites excluding steroid dienone is 5. The van der Waals surface area contributed by atoms with E-state index in [1.165, 1.54) is 12.2 Å². The van der Waals surface area contributed by atoms with Gasteiger partial charge in [0.1, 0.15) is 0 Å². The van der Waals surface area contributed by atoms with Crippen LogP contribution in [0.25, 0.3) is 11.6 Å². The number of hydrogen-bond donors (Lipinski definition) is 0. The van der Waals surface area contributed by atoms with Crippen LogP contribution in [0.5, 0.6) is 0 Å². The molecule has 2 nitrogen and oxygen atoms in total. The van der Waals surface area contributed by atoms with Crippen molar-refractivity contribution in [2.75, 3.05) is 0 Å². The molecule has 0 heterocycles. The van der Waals surface area contributed by atoms with Crippen LogP contribution in [0, 0.1) is 0 Å². The van der Waals surface area contributed by atoms with E-state index in [1.807, 2.05) is 24.3 Å². The minimum absolute atomic E-state index is 0.0853. The number of hydrogen-bond acceptors (Lipinski definition) is 2. The Morgan fingerprint density at radius 3 is 2.65 bits per heavy atom. The van der Waals surface area contributed by atoms with E-state index in [-0.39, 0.29) is 5.78 Å². The van der Waals surface area contributed by atoms with Crippen LogP contribution in [0.2, 0.25) is 0 Å². The molecule has 3 rings (SSSR count). The summed E-state index contributed by atoms with van der Waals surface area (Å²) in [6, 6.07) is 7.58. The zero-order valence-corrected chi connectivity index (χ0v) is 9.49. The summed E-state index contributed by atoms with van der Waals surface area (Å²) in [5.74, 6) is -0.0853. The zero-order chi connectivity index (χ0) is 12.0. The highest BCUT2D eigenvalue weighted by Gasteiger charge is 2.29. The van der Waals surface area contributed by atoms with Crippen LogP contribution >= 0.6 is 11.6 Å². The van der Waals surface area contributed by atoms with E-state index in [2.05, 4.69) is 0 Å². The van der Waals surface area contributed by atoms with Crippen LogP contribution in [0.15, 0.2) is 47.6 Å². The molecule has 0 aromatic heterocycles. The third-order valence-electron chi connectivity index (χ3n) is 2.95. The molecule has 0 amide bonds. The second-order valence-electron chi connectivity index (χ2n) is 3.91. The molecule has 0 radical (unpaired) electrons. The van der Waals surface area contributed by atoms with E-state index < -0.39 is 5.24 Å². The summed E-state index contributed by atoms with van der Waals surface area (Å²) in [6.45, 7) is 0. The molecule has 1 aromatic rings. The van der Waals surface area contributed by atoms with Gasteiger partial charge in [-0.2, -0.15) is 0 Å². The highest BCUT2D eigenvalue weighted by Crippen LogP contribution is 2.40. The Hall–Kier alpha value is -1.93. The summed E-state index contributed by atoms with van der Waals surface area (Å²) in [6.07, 6.45) is 4.68. The van der Waals surface area contributed by atoms with Gasteiger partial charge in [-0.05, 0) is 41.0 Å². The van der Waals surface area contributed by atoms with Crippen LogP contribution in [0.3, 0.4) is 0 Å². The maximum absolute atomic E-state index is 11.8. The smallest absolute Gasteiger partial charge is 0.253 e. The molecule has 2 aliphatic carbocycles. The SMILES string of the molecule is O=C(Cl)C1=C2C(=Cc3ccccc32)C(=O)C=C1. The number of benzene rings is 1. The first-order valence-corrected chi connectivity index (χ1v) is 5.54. The Bertz CT molecular complexity index is 648. The van der Waals surface area contributed by atoms with E-state index in [0.29, 0.717) is 16.7 Å². The van der Waals surface area contributed by atoms with Crippen LogP contribution in [-0.2, 0) is 9.59 Å². The maximum atomic E-state index is 11.8. The van der Waals surface area contributed by atoms with Gasteiger partial charge in [-0.3, -0.25) is 9.59 Å². The zero-order valence-electron chi connectivity index (χ0n) is 8.74. The summed E-state index contributed by atoms with van der Waals surface area (Å²) >= 11 is 5.55. The molecule has 0 saturated heterocycles. The number of rotatable bonds is 1. The molecule has 82 valence electrons. The number of ketones is 1. The topological polar surface area (TPSA) is 34.1 Å². The van der Waals surface area contributed by atoms with Gasteiger partial charge in [-0.1, -0.05) is 24.3 Å². The highest BCUT2D eigenvalue weighted by atomic mass is 35.5. The Morgan fingerprint density at radius 1 is 1.12 bits per heavy atom. The summed E-state index contributed by atoms with van der Waals surface area (Å²) in [4.78, 5) is 23.1. The van der Waals surface area contributed by atoms with Crippen molar-refractivity contribution < 1.29 is 9.59 Å². The van der Waals surface area contributed by atoms with Gasteiger partial charge in [0.25, 0.3) is 5.24 Å². The van der Waals surface area contributed by atoms with Gasteiger partial charge < -0.3 is 0 Å². The Labute approximate surface area is 103 Å². The lowest BCUT2D eigenvalue weighted by atomic mass is 9.91. The van der Waals surface area contributed by atoms with E-state index >= 15 is 0 Å². The molecule has 0 N–H and O–H groups in total. The maximum Gasteiger partial charge on any atom is 0.253 e. The van der Waals surface area contributed by atoms with Crippen molar-refractivity contribution >= 4 is 34.3 Å². The lowest BCUT2D eigenvalue weighted by molar-refractivity contribution is -0.110. The molecule has 0 aliphatic heterocycles. The van der Waals surface area contributed by atoms with E-state index in [0.717, 1.165) is 11.1 Å². The van der Waals surface area contributed by atoms with Crippen molar-refractivity contribution in [2.45, 2.75) is 0 Å². The van der Waals surface area contributed by atoms with Gasteiger partial charge in [0, 0.05) is 16.7 Å². The standard InChI is InChI=1S/C14H7ClO2/c15-14(17)10-5-6-12(16)11-7-8-3-1-2-4-9(8)13(10)11/h1-7H. The van der Waals surface area contributed by atoms with E-state index in [4.69, 9.17) is 11.6 Å². The van der Waals surface area contributed by atoms with Crippen molar-refractivity contribution in [1.29, 1.82) is 0 Å². The third-order valence-corrected chi connectivity index (χ3v) is 3.15. The van der Waals surface area contributed by atoms with Crippen LogP contribution in [-0.4, -0.2) is 11.0 Å². The number of carbonyl (C=O) groups is 2. The van der Waals surface area contributed by atoms with Crippen molar-refractivity contribution in [3.05, 3.63) is 58.7 Å². The lowest BCUT2D eigenvalue weighted by Crippen LogP contribution is -2.08. The van der Waals surface area contributed by atoms with E-state index in [1.54, 1.807) is 6.08 Å². The Balaban J connectivity index is 2.35. The van der Waals surface area contributed by atoms with Crippen molar-refractivity contribution in [1.82, 2.24) is 0 Å². The fraction of sp³-hybridized carbons (Fsp3) is 0. The van der Waals surface area contributed by atoms with Crippen molar-refractivity contribution in [3.8, 4) is 0 Å². The van der Waals surface area contributed by atoms with E-state index in [9.17, 15) is 9.59 Å². The van der Waals surface area contributed by atoms with Gasteiger partial charge in [-0.25, -0.2) is 0 Å². The molecule has 2 aliphatic rings. The second-order valence-corrected chi connectivity index (χ2v) is 4.25. The third kappa shape index (κ3) is 1.41. The molecule has 17 heavy (non-hydrogen) atoms. The highest BCUT2D eigenvalue weighted by molar-refractivity contribution is 6.69. The summed E-state index contributed by atoms with van der Waals surface area (Å²) in [7, 11) is 0. The molecule has 3 heteroatoms. The van der Waals surface area contributed by atoms with Crippen molar-refractivity contribution in [3.63, 3.8) is 0 Å². The van der Waals surface area contributed by atoms with Crippen molar-refractivity contribution in [2.24, 2.45) is 0 Å². The monoisotopic (exact) mass is 242 g/mol. The molecule has 0 fully saturated rings. The molecule has 0 saturated carbocycles. The molecular formula is C14H7ClO2. The predicted molar refractivity (Wildman–Crippen MR) is 66.3 cm³/mol. The van der Waals surface area contributed by atoms with Crippen LogP contribution in [0.1, 0.15) is 11.1 Å². The molecule has 0 spiro atoms. The molecular weight excluding hydrogens is 236 g/mol. The normalized spacial score (nSPS) is 16.8. The predicted octanol–water partition coefficient (Wildman–Crippen LogP) is 2.74. The molecule has 0 unspecified atom stereocenters. The summed E-state index contributed by atoms with van der Waals surface area (Å²) in [5, 5.41) is -0.536. The van der Waals surface area contributed by atoms with Gasteiger partial charge in [-0.15, -0.1) is 0 Å². The quantitative estimate of drug-likeness (QED) is 0.710. The Kier molecular flexibility index (Phi) is 2.13. The average Bonchev–Trinajstić information content (AvgIpc) is 2.69. The first-order valence-electron chi connectivity index (χ1n) is 5.16. The lowest BCUT2D eigenvalue weighted by Gasteiger charge is -2.12. The minimum atomic E-state index is -0.536. The van der Waals surface area contributed by atoms with Gasteiger partial charge >= 0.3 is 0 Å². The average molecular weight is 243 g/mol. The fourth-order valence-corrected chi connectivity index (χ4v) is 2.36. The van der Waals surface area contributed by atoms with Gasteiger partial charge in [0.15, 0.2) is 5.78 Å². The molecule has 0 bridgehead atoms. The fourth-order valence-electron chi connectivity index (χ4n) is 2.20. The molecule has 0 atom stereocenters. The summed E-state index contributed by atoms with van der Waals surface area (Å²) < 4.78 is 0. The first-order chi connectivity index (χ1) is 8.18. The molecule has 1 aromatic carbocycles. The van der Waals surface area contributed by atoms with Crippen LogP contribution < -0.4 is 0 Å². The van der Waals surface area contributed by atoms with Gasteiger partial charge in [0.2, 0.25) is 0 Å².